The van der Waals surface area contributed by atoms with Crippen LogP contribution in [-0.4, -0.2) is 105 Å². The van der Waals surface area contributed by atoms with Gasteiger partial charge in [-0.25, -0.2) is 15.2 Å². The van der Waals surface area contributed by atoms with Crippen molar-refractivity contribution in [1.82, 2.24) is 25.5 Å². The number of nitrogens with two attached hydrogens (primary N) is 1. The van der Waals surface area contributed by atoms with Crippen LogP contribution in [0, 0.1) is 0 Å². The van der Waals surface area contributed by atoms with Crippen molar-refractivity contribution in [3.8, 4) is 0 Å². The molecule has 42 heavy (non-hydrogen) atoms. The Bertz CT molecular complexity index is 952. The number of unbranched alkanes of at least 4 members (excludes halogenated alkanes) is 4. The first-order valence-corrected chi connectivity index (χ1v) is 14.2. The highest BCUT2D eigenvalue weighted by molar-refractivity contribution is 5.83. The zero-order valence-electron chi connectivity index (χ0n) is 24.4. The van der Waals surface area contributed by atoms with Crippen LogP contribution in [0.4, 0.5) is 0 Å². The van der Waals surface area contributed by atoms with Crippen LogP contribution in [0.15, 0.2) is 18.2 Å². The van der Waals surface area contributed by atoms with E-state index in [-0.39, 0.29) is 64.8 Å². The maximum absolute atomic E-state index is 12.1. The van der Waals surface area contributed by atoms with Gasteiger partial charge in [0.05, 0.1) is 37.8 Å². The van der Waals surface area contributed by atoms with Crippen molar-refractivity contribution in [2.24, 2.45) is 5.73 Å². The predicted molar refractivity (Wildman–Crippen MR) is 149 cm³/mol. The van der Waals surface area contributed by atoms with E-state index in [1.807, 2.05) is 0 Å². The summed E-state index contributed by atoms with van der Waals surface area (Å²) < 4.78 is 10.8. The van der Waals surface area contributed by atoms with E-state index in [2.05, 4.69) is 10.3 Å². The molecule has 0 spiro atoms. The van der Waals surface area contributed by atoms with Crippen molar-refractivity contribution in [3.05, 3.63) is 29.6 Å². The molecule has 1 heterocycles. The fourth-order valence-corrected chi connectivity index (χ4v) is 3.55. The van der Waals surface area contributed by atoms with Crippen LogP contribution < -0.4 is 11.1 Å². The van der Waals surface area contributed by atoms with Crippen molar-refractivity contribution in [3.63, 3.8) is 0 Å². The summed E-state index contributed by atoms with van der Waals surface area (Å²) in [6.07, 6.45) is 4.07. The Kier molecular flexibility index (Phi) is 19.6. The van der Waals surface area contributed by atoms with E-state index in [1.165, 1.54) is 6.92 Å². The van der Waals surface area contributed by atoms with E-state index in [1.54, 1.807) is 18.2 Å². The molecule has 15 nitrogen and oxygen atoms in total. The smallest absolute Gasteiger partial charge is 0.271 e. The molecule has 238 valence electrons. The number of carbonyl (C=O) groups excluding carboxylic acids is 4. The molecule has 0 aromatic carbocycles. The van der Waals surface area contributed by atoms with Gasteiger partial charge in [-0.3, -0.25) is 39.8 Å². The van der Waals surface area contributed by atoms with Gasteiger partial charge in [-0.1, -0.05) is 12.5 Å². The zero-order valence-corrected chi connectivity index (χ0v) is 24.4. The van der Waals surface area contributed by atoms with Gasteiger partial charge < -0.3 is 20.5 Å². The quantitative estimate of drug-likeness (QED) is 0.0681. The summed E-state index contributed by atoms with van der Waals surface area (Å²) in [5.41, 5.74) is 6.58. The van der Waals surface area contributed by atoms with Crippen LogP contribution in [0.3, 0.4) is 0 Å². The van der Waals surface area contributed by atoms with Crippen LogP contribution in [0.2, 0.25) is 0 Å². The minimum Gasteiger partial charge on any atom is -0.373 e. The van der Waals surface area contributed by atoms with Gasteiger partial charge in [-0.2, -0.15) is 0 Å². The number of rotatable bonds is 23. The SMILES string of the molecule is CC(=O)N(O)CCCCCNC(=O)CCC(=O)N(O)CCOCc1cccc(COCC(=O)N(O)CCCCCN)n1. The number of hydrogen-bond donors (Lipinski definition) is 5. The third-order valence-corrected chi connectivity index (χ3v) is 5.99. The molecular formula is C27H46N6O9. The normalized spacial score (nSPS) is 10.8. The number of hydrogen-bond acceptors (Lipinski definition) is 11. The standard InChI is InChI=1S/C27H46N6O9/c1-22(34)31(38)15-7-3-5-14-29-25(35)11-12-26(36)33(40)17-18-41-19-23-9-8-10-24(30-23)20-42-21-27(37)32(39)16-6-2-4-13-28/h8-10,38-40H,2-7,11-21,28H2,1H3,(H,29,35). The highest BCUT2D eigenvalue weighted by atomic mass is 16.5. The summed E-state index contributed by atoms with van der Waals surface area (Å²) in [6, 6.07) is 5.22. The number of nitrogens with one attached hydrogen (secondary N) is 1. The highest BCUT2D eigenvalue weighted by Crippen LogP contribution is 2.05. The molecule has 1 aromatic heterocycles. The molecule has 4 amide bonds. The second-order valence-electron chi connectivity index (χ2n) is 9.60. The van der Waals surface area contributed by atoms with E-state index < -0.39 is 17.7 Å². The average molecular weight is 599 g/mol. The minimum absolute atomic E-state index is 0.0395. The van der Waals surface area contributed by atoms with Crippen molar-refractivity contribution < 1.29 is 44.3 Å². The minimum atomic E-state index is -0.607. The summed E-state index contributed by atoms with van der Waals surface area (Å²) in [7, 11) is 0. The van der Waals surface area contributed by atoms with Crippen molar-refractivity contribution in [1.29, 1.82) is 0 Å². The summed E-state index contributed by atoms with van der Waals surface area (Å²) >= 11 is 0. The maximum atomic E-state index is 12.1. The van der Waals surface area contributed by atoms with Crippen LogP contribution in [0.1, 0.15) is 69.7 Å². The zero-order chi connectivity index (χ0) is 31.2. The second-order valence-corrected chi connectivity index (χ2v) is 9.60. The summed E-state index contributed by atoms with van der Waals surface area (Å²) in [6.45, 7) is 2.56. The fourth-order valence-electron chi connectivity index (χ4n) is 3.55. The van der Waals surface area contributed by atoms with Gasteiger partial charge in [0, 0.05) is 39.4 Å². The van der Waals surface area contributed by atoms with Gasteiger partial charge in [0.15, 0.2) is 0 Å². The molecule has 0 saturated heterocycles. The fraction of sp³-hybridized carbons (Fsp3) is 0.667. The molecule has 0 radical (unpaired) electrons. The number of pyridine rings is 1. The van der Waals surface area contributed by atoms with E-state index in [9.17, 15) is 34.8 Å². The highest BCUT2D eigenvalue weighted by Gasteiger charge is 2.14. The Labute approximate surface area is 246 Å². The second kappa shape index (κ2) is 22.4. The molecule has 0 aliphatic rings. The lowest BCUT2D eigenvalue weighted by molar-refractivity contribution is -0.171. The topological polar surface area (TPSA) is 208 Å². The molecule has 0 unspecified atom stereocenters. The molecule has 6 N–H and O–H groups in total. The number of ether oxygens (including phenoxy) is 2. The third-order valence-electron chi connectivity index (χ3n) is 5.99. The Morgan fingerprint density at radius 3 is 2.10 bits per heavy atom. The van der Waals surface area contributed by atoms with E-state index >= 15 is 0 Å². The summed E-state index contributed by atoms with van der Waals surface area (Å²) in [4.78, 5) is 51.2. The molecular weight excluding hydrogens is 552 g/mol. The Morgan fingerprint density at radius 2 is 1.43 bits per heavy atom. The van der Waals surface area contributed by atoms with E-state index in [0.717, 1.165) is 12.8 Å². The Hall–Kier alpha value is -3.21. The first-order valence-electron chi connectivity index (χ1n) is 14.2. The van der Waals surface area contributed by atoms with Crippen molar-refractivity contribution in [2.45, 2.75) is 71.5 Å². The largest absolute Gasteiger partial charge is 0.373 e. The summed E-state index contributed by atoms with van der Waals surface area (Å²) in [5.74, 6) is -1.88. The molecule has 0 aliphatic carbocycles. The van der Waals surface area contributed by atoms with Gasteiger partial charge in [-0.15, -0.1) is 0 Å². The third kappa shape index (κ3) is 17.6. The lowest BCUT2D eigenvalue weighted by Gasteiger charge is -2.15. The first-order chi connectivity index (χ1) is 20.1. The number of carbonyl (C=O) groups is 4. The molecule has 0 atom stereocenters. The van der Waals surface area contributed by atoms with Crippen molar-refractivity contribution in [2.75, 3.05) is 45.9 Å². The van der Waals surface area contributed by atoms with Crippen LogP contribution in [0.25, 0.3) is 0 Å². The number of hydroxylamine groups is 6. The molecule has 1 aromatic rings. The van der Waals surface area contributed by atoms with Gasteiger partial charge in [0.1, 0.15) is 6.61 Å². The van der Waals surface area contributed by atoms with E-state index in [4.69, 9.17) is 15.2 Å². The molecule has 15 heteroatoms. The molecule has 0 aliphatic heterocycles. The molecule has 0 fully saturated rings. The van der Waals surface area contributed by atoms with Crippen molar-refractivity contribution >= 4 is 23.6 Å². The number of nitrogens with zero attached hydrogens (tertiary/aromatic N) is 4. The van der Waals surface area contributed by atoms with Gasteiger partial charge in [0.25, 0.3) is 5.91 Å². The predicted octanol–water partition coefficient (Wildman–Crippen LogP) is 0.984. The van der Waals surface area contributed by atoms with Gasteiger partial charge in [-0.05, 0) is 50.8 Å². The Morgan fingerprint density at radius 1 is 0.810 bits per heavy atom. The maximum Gasteiger partial charge on any atom is 0.271 e. The summed E-state index contributed by atoms with van der Waals surface area (Å²) in [5, 5.41) is 33.4. The van der Waals surface area contributed by atoms with E-state index in [0.29, 0.717) is 65.4 Å². The molecule has 0 saturated carbocycles. The monoisotopic (exact) mass is 598 g/mol. The van der Waals surface area contributed by atoms with Gasteiger partial charge >= 0.3 is 0 Å². The lowest BCUT2D eigenvalue weighted by atomic mass is 10.2. The number of aromatic nitrogens is 1. The van der Waals surface area contributed by atoms with Crippen LogP contribution >= 0.6 is 0 Å². The molecule has 1 rings (SSSR count). The average Bonchev–Trinajstić information content (AvgIpc) is 2.97. The number of amides is 4. The Balaban J connectivity index is 2.17. The first kappa shape index (κ1) is 36.8. The van der Waals surface area contributed by atoms with Crippen LogP contribution in [-0.2, 0) is 41.9 Å². The van der Waals surface area contributed by atoms with Gasteiger partial charge in [0.2, 0.25) is 17.7 Å². The van der Waals surface area contributed by atoms with Crippen LogP contribution in [0.5, 0.6) is 0 Å². The molecule has 0 bridgehead atoms. The lowest BCUT2D eigenvalue weighted by Crippen LogP contribution is -2.32.